The molecule has 0 saturated heterocycles. The Morgan fingerprint density at radius 2 is 1.60 bits per heavy atom. The average Bonchev–Trinajstić information content (AvgIpc) is 3.27. The summed E-state index contributed by atoms with van der Waals surface area (Å²) in [5.74, 6) is 1.12. The normalized spacial score (nSPS) is 10.9. The van der Waals surface area contributed by atoms with Crippen molar-refractivity contribution >= 4 is 65.0 Å². The smallest absolute Gasteiger partial charge is 0.255 e. The molecule has 0 fully saturated rings. The molecule has 0 saturated carbocycles. The number of carbonyl (C=O) groups is 1. The number of nitrogens with one attached hydrogen (secondary N) is 1. The second-order valence-electron chi connectivity index (χ2n) is 7.35. The van der Waals surface area contributed by atoms with Crippen LogP contribution in [0.2, 0.25) is 0 Å². The first-order valence-electron chi connectivity index (χ1n) is 11.2. The fourth-order valence-electron chi connectivity index (χ4n) is 3.56. The quantitative estimate of drug-likeness (QED) is 0.206. The lowest BCUT2D eigenvalue weighted by atomic mass is 10.1. The molecule has 0 radical (unpaired) electrons. The van der Waals surface area contributed by atoms with E-state index in [4.69, 9.17) is 19.2 Å². The van der Waals surface area contributed by atoms with Crippen molar-refractivity contribution in [2.75, 3.05) is 25.1 Å². The van der Waals surface area contributed by atoms with Gasteiger partial charge in [-0.3, -0.25) is 4.79 Å². The van der Waals surface area contributed by atoms with Gasteiger partial charge in [-0.05, 0) is 73.1 Å². The number of thiazole rings is 1. The van der Waals surface area contributed by atoms with Crippen LogP contribution in [0.25, 0.3) is 20.8 Å². The first kappa shape index (κ1) is 25.5. The summed E-state index contributed by atoms with van der Waals surface area (Å²) in [7, 11) is 0. The van der Waals surface area contributed by atoms with Crippen molar-refractivity contribution in [3.8, 4) is 27.8 Å². The molecule has 1 heterocycles. The fraction of sp³-hybridized carbons (Fsp3) is 0.231. The Morgan fingerprint density at radius 3 is 2.23 bits per heavy atom. The summed E-state index contributed by atoms with van der Waals surface area (Å²) >= 11 is 8.75. The zero-order valence-electron chi connectivity index (χ0n) is 19.5. The van der Waals surface area contributed by atoms with E-state index in [1.165, 1.54) is 0 Å². The maximum atomic E-state index is 13.5. The average molecular weight is 620 g/mol. The minimum Gasteiger partial charge on any atom is -0.490 e. The molecular formula is C26H24Br2N2O4S. The number of ether oxygens (including phenoxy) is 3. The number of anilines is 1. The van der Waals surface area contributed by atoms with Crippen molar-refractivity contribution in [1.29, 1.82) is 0 Å². The third kappa shape index (κ3) is 5.63. The molecule has 0 aliphatic rings. The van der Waals surface area contributed by atoms with E-state index in [-0.39, 0.29) is 5.91 Å². The van der Waals surface area contributed by atoms with Gasteiger partial charge in [0, 0.05) is 20.1 Å². The lowest BCUT2D eigenvalue weighted by Gasteiger charge is -2.18. The number of rotatable bonds is 9. The molecule has 1 aromatic heterocycles. The van der Waals surface area contributed by atoms with E-state index in [9.17, 15) is 4.79 Å². The van der Waals surface area contributed by atoms with Crippen molar-refractivity contribution in [1.82, 2.24) is 4.98 Å². The maximum absolute atomic E-state index is 13.5. The van der Waals surface area contributed by atoms with E-state index in [2.05, 4.69) is 37.2 Å². The summed E-state index contributed by atoms with van der Waals surface area (Å²) in [5.41, 5.74) is 2.74. The number of para-hydroxylation sites is 1. The summed E-state index contributed by atoms with van der Waals surface area (Å²) in [6.07, 6.45) is 0. The summed E-state index contributed by atoms with van der Waals surface area (Å²) < 4.78 is 20.0. The van der Waals surface area contributed by atoms with Crippen LogP contribution in [-0.2, 0) is 0 Å². The second-order valence-corrected chi connectivity index (χ2v) is 10.2. The van der Waals surface area contributed by atoms with Crippen LogP contribution in [0.4, 0.5) is 5.69 Å². The number of hydrogen-bond donors (Lipinski definition) is 1. The largest absolute Gasteiger partial charge is 0.490 e. The minimum absolute atomic E-state index is 0.305. The predicted octanol–water partition coefficient (Wildman–Crippen LogP) is 7.94. The van der Waals surface area contributed by atoms with Crippen molar-refractivity contribution in [2.24, 2.45) is 0 Å². The van der Waals surface area contributed by atoms with Gasteiger partial charge in [-0.1, -0.05) is 28.1 Å². The summed E-state index contributed by atoms with van der Waals surface area (Å²) in [5, 5.41) is 3.87. The van der Waals surface area contributed by atoms with Crippen molar-refractivity contribution in [3.05, 3.63) is 63.0 Å². The summed E-state index contributed by atoms with van der Waals surface area (Å²) in [6, 6.07) is 15.2. The Morgan fingerprint density at radius 1 is 0.943 bits per heavy atom. The van der Waals surface area contributed by atoms with Gasteiger partial charge in [-0.2, -0.15) is 0 Å². The van der Waals surface area contributed by atoms with Gasteiger partial charge in [0.25, 0.3) is 5.91 Å². The lowest BCUT2D eigenvalue weighted by Crippen LogP contribution is -2.14. The van der Waals surface area contributed by atoms with Crippen LogP contribution >= 0.6 is 43.2 Å². The molecule has 3 aromatic carbocycles. The van der Waals surface area contributed by atoms with Gasteiger partial charge in [-0.15, -0.1) is 11.3 Å². The Kier molecular flexibility index (Phi) is 8.30. The fourth-order valence-corrected chi connectivity index (χ4v) is 5.87. The molecule has 1 amide bonds. The highest BCUT2D eigenvalue weighted by Crippen LogP contribution is 2.42. The Hall–Kier alpha value is -2.62. The zero-order valence-corrected chi connectivity index (χ0v) is 23.5. The SMILES string of the molecule is CCOc1cc(C(=O)Nc2c(Br)cc(Br)cc2-c2nc3ccccc3s2)cc(OCC)c1OCC. The molecule has 182 valence electrons. The predicted molar refractivity (Wildman–Crippen MR) is 148 cm³/mol. The third-order valence-corrected chi connectivity index (χ3v) is 7.14. The molecule has 9 heteroatoms. The number of nitrogens with zero attached hydrogens (tertiary/aromatic N) is 1. The van der Waals surface area contributed by atoms with E-state index < -0.39 is 0 Å². The molecule has 4 aromatic rings. The Labute approximate surface area is 224 Å². The van der Waals surface area contributed by atoms with Gasteiger partial charge in [0.15, 0.2) is 11.5 Å². The molecule has 1 N–H and O–H groups in total. The highest BCUT2D eigenvalue weighted by molar-refractivity contribution is 9.11. The van der Waals surface area contributed by atoms with Gasteiger partial charge in [0.1, 0.15) is 5.01 Å². The third-order valence-electron chi connectivity index (χ3n) is 4.99. The molecule has 0 aliphatic heterocycles. The molecule has 0 spiro atoms. The molecule has 0 bridgehead atoms. The van der Waals surface area contributed by atoms with Crippen molar-refractivity contribution in [3.63, 3.8) is 0 Å². The van der Waals surface area contributed by atoms with Gasteiger partial charge >= 0.3 is 0 Å². The van der Waals surface area contributed by atoms with E-state index >= 15 is 0 Å². The molecule has 0 aliphatic carbocycles. The first-order chi connectivity index (χ1) is 16.9. The van der Waals surface area contributed by atoms with Gasteiger partial charge in [0.2, 0.25) is 5.75 Å². The van der Waals surface area contributed by atoms with Gasteiger partial charge in [0.05, 0.1) is 35.7 Å². The maximum Gasteiger partial charge on any atom is 0.255 e. The van der Waals surface area contributed by atoms with Gasteiger partial charge < -0.3 is 19.5 Å². The molecule has 0 atom stereocenters. The minimum atomic E-state index is -0.305. The van der Waals surface area contributed by atoms with Crippen LogP contribution in [0.15, 0.2) is 57.5 Å². The molecule has 4 rings (SSSR count). The topological polar surface area (TPSA) is 69.7 Å². The summed E-state index contributed by atoms with van der Waals surface area (Å²) in [6.45, 7) is 6.95. The number of fused-ring (bicyclic) bond motifs is 1. The monoisotopic (exact) mass is 618 g/mol. The number of halogens is 2. The van der Waals surface area contributed by atoms with Crippen LogP contribution in [0.3, 0.4) is 0 Å². The van der Waals surface area contributed by atoms with Crippen LogP contribution in [0.5, 0.6) is 17.2 Å². The van der Waals surface area contributed by atoms with Crippen LogP contribution in [0.1, 0.15) is 31.1 Å². The lowest BCUT2D eigenvalue weighted by molar-refractivity contribution is 0.102. The highest BCUT2D eigenvalue weighted by atomic mass is 79.9. The number of carbonyl (C=O) groups excluding carboxylic acids is 1. The van der Waals surface area contributed by atoms with Crippen LogP contribution < -0.4 is 19.5 Å². The van der Waals surface area contributed by atoms with E-state index in [1.54, 1.807) is 23.5 Å². The zero-order chi connectivity index (χ0) is 24.9. The Bertz CT molecular complexity index is 1310. The molecule has 0 unspecified atom stereocenters. The van der Waals surface area contributed by atoms with Gasteiger partial charge in [-0.25, -0.2) is 4.98 Å². The number of amides is 1. The van der Waals surface area contributed by atoms with Crippen LogP contribution in [-0.4, -0.2) is 30.7 Å². The van der Waals surface area contributed by atoms with E-state index in [1.807, 2.05) is 57.2 Å². The van der Waals surface area contributed by atoms with E-state index in [0.717, 1.165) is 29.7 Å². The standard InChI is InChI=1S/C26H24Br2N2O4S/c1-4-32-20-11-15(12-21(33-5-2)24(20)34-6-3)25(31)30-23-17(13-16(27)14-18(23)28)26-29-19-9-7-8-10-22(19)35-26/h7-14H,4-6H2,1-3H3,(H,30,31). The number of aromatic nitrogens is 1. The van der Waals surface area contributed by atoms with Crippen molar-refractivity contribution in [2.45, 2.75) is 20.8 Å². The molecular weight excluding hydrogens is 596 g/mol. The molecule has 6 nitrogen and oxygen atoms in total. The van der Waals surface area contributed by atoms with Crippen molar-refractivity contribution < 1.29 is 19.0 Å². The Balaban J connectivity index is 1.76. The summed E-state index contributed by atoms with van der Waals surface area (Å²) in [4.78, 5) is 18.3. The number of hydrogen-bond acceptors (Lipinski definition) is 6. The van der Waals surface area contributed by atoms with Crippen LogP contribution in [0, 0.1) is 0 Å². The second kappa shape index (κ2) is 11.4. The molecule has 35 heavy (non-hydrogen) atoms. The highest BCUT2D eigenvalue weighted by Gasteiger charge is 2.21. The number of benzene rings is 3. The van der Waals surface area contributed by atoms with E-state index in [0.29, 0.717) is 48.3 Å². The first-order valence-corrected chi connectivity index (χ1v) is 13.6.